The van der Waals surface area contributed by atoms with Gasteiger partial charge in [0.25, 0.3) is 0 Å². The lowest BCUT2D eigenvalue weighted by Crippen LogP contribution is -1.97. The van der Waals surface area contributed by atoms with E-state index in [0.29, 0.717) is 0 Å². The number of hydrogen-bond donors (Lipinski definition) is 0. The van der Waals surface area contributed by atoms with E-state index < -0.39 is 0 Å². The summed E-state index contributed by atoms with van der Waals surface area (Å²) >= 11 is 0. The monoisotopic (exact) mass is 792 g/mol. The molecule has 0 aliphatic carbocycles. The Morgan fingerprint density at radius 2 is 0.629 bits per heavy atom. The maximum Gasteiger partial charge on any atom is 0.0547 e. The summed E-state index contributed by atoms with van der Waals surface area (Å²) in [5, 5.41) is 4.80. The quantitative estimate of drug-likeness (QED) is 0.161. The van der Waals surface area contributed by atoms with Gasteiger partial charge in [0, 0.05) is 105 Å². The highest BCUT2D eigenvalue weighted by Crippen LogP contribution is 2.41. The van der Waals surface area contributed by atoms with Crippen LogP contribution in [0.2, 0.25) is 0 Å². The van der Waals surface area contributed by atoms with E-state index in [9.17, 15) is 0 Å². The van der Waals surface area contributed by atoms with Crippen molar-refractivity contribution in [2.24, 2.45) is 0 Å². The first-order chi connectivity index (χ1) is 30.7. The number of pyridine rings is 4. The number of hydrogen-bond acceptors (Lipinski definition) is 4. The van der Waals surface area contributed by atoms with E-state index in [2.05, 4.69) is 175 Å². The average molecular weight is 793 g/mol. The predicted octanol–water partition coefficient (Wildman–Crippen LogP) is 13.8. The van der Waals surface area contributed by atoms with Crippen LogP contribution in [0.5, 0.6) is 0 Å². The number of nitrogens with zero attached hydrogens (tertiary/aromatic N) is 6. The van der Waals surface area contributed by atoms with Gasteiger partial charge in [-0.2, -0.15) is 0 Å². The van der Waals surface area contributed by atoms with E-state index in [1.54, 1.807) is 0 Å². The molecular formula is C56H36N6. The van der Waals surface area contributed by atoms with Crippen molar-refractivity contribution in [2.45, 2.75) is 0 Å². The molecule has 0 saturated heterocycles. The minimum atomic E-state index is 1.06. The van der Waals surface area contributed by atoms with E-state index in [1.807, 2.05) is 73.8 Å². The summed E-state index contributed by atoms with van der Waals surface area (Å²) in [6, 6.07) is 61.2. The lowest BCUT2D eigenvalue weighted by atomic mass is 9.99. The molecule has 0 amide bonds. The number of aromatic nitrogens is 6. The van der Waals surface area contributed by atoms with Crippen LogP contribution in [0.15, 0.2) is 219 Å². The highest BCUT2D eigenvalue weighted by atomic mass is 15.0. The van der Waals surface area contributed by atoms with Gasteiger partial charge in [-0.3, -0.25) is 19.9 Å². The van der Waals surface area contributed by atoms with Crippen LogP contribution in [0.3, 0.4) is 0 Å². The lowest BCUT2D eigenvalue weighted by Gasteiger charge is -2.14. The molecule has 0 atom stereocenters. The molecule has 0 radical (unpaired) electrons. The predicted molar refractivity (Wildman–Crippen MR) is 253 cm³/mol. The van der Waals surface area contributed by atoms with Crippen molar-refractivity contribution < 1.29 is 0 Å². The lowest BCUT2D eigenvalue weighted by molar-refractivity contribution is 1.18. The van der Waals surface area contributed by atoms with Gasteiger partial charge in [0.1, 0.15) is 0 Å². The van der Waals surface area contributed by atoms with Crippen molar-refractivity contribution in [1.82, 2.24) is 29.1 Å². The molecule has 62 heavy (non-hydrogen) atoms. The fourth-order valence-corrected chi connectivity index (χ4v) is 9.14. The maximum atomic E-state index is 4.47. The van der Waals surface area contributed by atoms with Gasteiger partial charge in [0.05, 0.1) is 22.1 Å². The normalized spacial score (nSPS) is 11.5. The first-order valence-electron chi connectivity index (χ1n) is 20.7. The summed E-state index contributed by atoms with van der Waals surface area (Å²) in [6.45, 7) is 0. The van der Waals surface area contributed by atoms with Crippen LogP contribution in [0.4, 0.5) is 0 Å². The fourth-order valence-electron chi connectivity index (χ4n) is 9.14. The Morgan fingerprint density at radius 3 is 1.10 bits per heavy atom. The molecule has 12 aromatic rings. The third-order valence-electron chi connectivity index (χ3n) is 12.0. The first-order valence-corrected chi connectivity index (χ1v) is 20.7. The standard InChI is InChI=1S/C56H36N6/c1-3-15-53-49(13-1)51-19-17-38(32-56(51)62(53)48-29-45(41-11-7-23-59-35-41)26-46(30-48)42-12-8-24-60-36-42)37-18-20-55-52(31-37)50-14-2-4-16-54(50)61(55)47-27-43(39-9-5-21-57-33-39)25-44(28-47)40-10-6-22-58-34-40/h1-36H. The molecule has 0 bridgehead atoms. The summed E-state index contributed by atoms with van der Waals surface area (Å²) in [7, 11) is 0. The molecule has 6 aromatic carbocycles. The van der Waals surface area contributed by atoms with E-state index in [0.717, 1.165) is 89.1 Å². The van der Waals surface area contributed by atoms with Crippen LogP contribution >= 0.6 is 0 Å². The van der Waals surface area contributed by atoms with Crippen molar-refractivity contribution in [3.8, 4) is 67.0 Å². The molecule has 6 nitrogen and oxygen atoms in total. The summed E-state index contributed by atoms with van der Waals surface area (Å²) < 4.78 is 4.80. The molecule has 0 spiro atoms. The Kier molecular flexibility index (Phi) is 8.38. The van der Waals surface area contributed by atoms with Crippen LogP contribution in [-0.4, -0.2) is 29.1 Å². The Labute approximate surface area is 357 Å². The minimum absolute atomic E-state index is 1.06. The second-order valence-corrected chi connectivity index (χ2v) is 15.7. The molecule has 0 aliphatic rings. The molecule has 0 unspecified atom stereocenters. The summed E-state index contributed by atoms with van der Waals surface area (Å²) in [5.41, 5.74) is 17.7. The summed E-state index contributed by atoms with van der Waals surface area (Å²) in [5.74, 6) is 0. The molecule has 6 heterocycles. The van der Waals surface area contributed by atoms with Crippen LogP contribution < -0.4 is 0 Å². The second-order valence-electron chi connectivity index (χ2n) is 15.7. The second kappa shape index (κ2) is 14.7. The zero-order valence-electron chi connectivity index (χ0n) is 33.5. The molecular weight excluding hydrogens is 757 g/mol. The number of rotatable bonds is 7. The van der Waals surface area contributed by atoms with E-state index in [4.69, 9.17) is 0 Å². The maximum absolute atomic E-state index is 4.47. The topological polar surface area (TPSA) is 61.4 Å². The van der Waals surface area contributed by atoms with Gasteiger partial charge in [-0.05, 0) is 124 Å². The molecule has 290 valence electrons. The minimum Gasteiger partial charge on any atom is -0.309 e. The zero-order valence-corrected chi connectivity index (χ0v) is 33.5. The largest absolute Gasteiger partial charge is 0.309 e. The molecule has 6 aromatic heterocycles. The van der Waals surface area contributed by atoms with Gasteiger partial charge in [-0.25, -0.2) is 0 Å². The molecule has 0 saturated carbocycles. The van der Waals surface area contributed by atoms with Crippen molar-refractivity contribution in [3.05, 3.63) is 219 Å². The number of para-hydroxylation sites is 2. The van der Waals surface area contributed by atoms with E-state index in [-0.39, 0.29) is 0 Å². The van der Waals surface area contributed by atoms with E-state index >= 15 is 0 Å². The van der Waals surface area contributed by atoms with Crippen molar-refractivity contribution in [1.29, 1.82) is 0 Å². The Balaban J connectivity index is 1.05. The van der Waals surface area contributed by atoms with Gasteiger partial charge in [0.15, 0.2) is 0 Å². The van der Waals surface area contributed by atoms with Crippen molar-refractivity contribution >= 4 is 43.6 Å². The zero-order chi connectivity index (χ0) is 41.0. The van der Waals surface area contributed by atoms with Crippen LogP contribution in [-0.2, 0) is 0 Å². The van der Waals surface area contributed by atoms with Crippen molar-refractivity contribution in [3.63, 3.8) is 0 Å². The van der Waals surface area contributed by atoms with Gasteiger partial charge in [-0.15, -0.1) is 0 Å². The van der Waals surface area contributed by atoms with Gasteiger partial charge in [0.2, 0.25) is 0 Å². The van der Waals surface area contributed by atoms with Gasteiger partial charge < -0.3 is 9.13 Å². The Hall–Kier alpha value is -8.48. The third kappa shape index (κ3) is 6.04. The number of benzene rings is 6. The summed E-state index contributed by atoms with van der Waals surface area (Å²) in [6.07, 6.45) is 15.0. The van der Waals surface area contributed by atoms with Crippen LogP contribution in [0, 0.1) is 0 Å². The highest BCUT2D eigenvalue weighted by molar-refractivity contribution is 6.12. The molecule has 0 aliphatic heterocycles. The first kappa shape index (κ1) is 35.5. The average Bonchev–Trinajstić information content (AvgIpc) is 3.87. The van der Waals surface area contributed by atoms with Crippen LogP contribution in [0.1, 0.15) is 0 Å². The molecule has 0 N–H and O–H groups in total. The fraction of sp³-hybridized carbons (Fsp3) is 0. The van der Waals surface area contributed by atoms with Gasteiger partial charge >= 0.3 is 0 Å². The van der Waals surface area contributed by atoms with Crippen LogP contribution in [0.25, 0.3) is 111 Å². The van der Waals surface area contributed by atoms with Crippen molar-refractivity contribution in [2.75, 3.05) is 0 Å². The summed E-state index contributed by atoms with van der Waals surface area (Å²) in [4.78, 5) is 17.8. The Bertz CT molecular complexity index is 3500. The molecule has 6 heteroatoms. The smallest absolute Gasteiger partial charge is 0.0547 e. The van der Waals surface area contributed by atoms with E-state index in [1.165, 1.54) is 21.5 Å². The molecule has 0 fully saturated rings. The molecule has 12 rings (SSSR count). The Morgan fingerprint density at radius 1 is 0.242 bits per heavy atom. The highest BCUT2D eigenvalue weighted by Gasteiger charge is 2.18. The third-order valence-corrected chi connectivity index (χ3v) is 12.0. The SMILES string of the molecule is c1cncc(-c2cc(-c3cccnc3)cc(-n3c4ccccc4c4cc(-c5ccc6c7ccccc7n(-c7cc(-c8cccnc8)cc(-c8cccnc8)c7)c6c5)ccc43)c2)c1. The van der Waals surface area contributed by atoms with Gasteiger partial charge in [-0.1, -0.05) is 78.9 Å². The number of fused-ring (bicyclic) bond motifs is 6.